The van der Waals surface area contributed by atoms with Gasteiger partial charge in [-0.1, -0.05) is 0 Å². The first-order valence-electron chi connectivity index (χ1n) is 4.35. The smallest absolute Gasteiger partial charge is 0.261 e. The minimum atomic E-state index is -2.42. The normalized spacial score (nSPS) is 13.4. The Morgan fingerprint density at radius 1 is 1.50 bits per heavy atom. The molecular weight excluding hydrogens is 192 g/mol. The molecule has 0 bridgehead atoms. The van der Waals surface area contributed by atoms with Crippen molar-refractivity contribution in [2.75, 3.05) is 13.2 Å². The summed E-state index contributed by atoms with van der Waals surface area (Å²) in [7, 11) is 0. The summed E-state index contributed by atoms with van der Waals surface area (Å²) in [5.74, 6) is 0.644. The number of hydrogen-bond acceptors (Lipinski definition) is 3. The minimum Gasteiger partial charge on any atom is -0.468 e. The second-order valence-electron chi connectivity index (χ2n) is 2.88. The van der Waals surface area contributed by atoms with Gasteiger partial charge < -0.3 is 14.9 Å². The highest BCUT2D eigenvalue weighted by molar-refractivity contribution is 5.03. The van der Waals surface area contributed by atoms with Crippen molar-refractivity contribution >= 4 is 0 Å². The number of ether oxygens (including phenoxy) is 1. The first kappa shape index (κ1) is 11.1. The van der Waals surface area contributed by atoms with Gasteiger partial charge in [0.25, 0.3) is 6.43 Å². The third kappa shape index (κ3) is 3.85. The van der Waals surface area contributed by atoms with E-state index in [1.165, 1.54) is 6.26 Å². The molecule has 0 radical (unpaired) electrons. The summed E-state index contributed by atoms with van der Waals surface area (Å²) in [6.45, 7) is -0.322. The van der Waals surface area contributed by atoms with E-state index in [0.29, 0.717) is 12.2 Å². The standard InChI is InChI=1S/C9H13F2NO2/c10-9(11)6-13-5-3-7(12)8-2-1-4-14-8/h1-2,4,7,9H,3,5-6,12H2. The molecule has 0 aliphatic rings. The van der Waals surface area contributed by atoms with E-state index in [1.807, 2.05) is 0 Å². The average Bonchev–Trinajstić information content (AvgIpc) is 2.64. The van der Waals surface area contributed by atoms with Crippen molar-refractivity contribution < 1.29 is 17.9 Å². The van der Waals surface area contributed by atoms with Gasteiger partial charge in [0.2, 0.25) is 0 Å². The fourth-order valence-corrected chi connectivity index (χ4v) is 1.03. The van der Waals surface area contributed by atoms with Crippen LogP contribution >= 0.6 is 0 Å². The SMILES string of the molecule is NC(CCOCC(F)F)c1ccco1. The van der Waals surface area contributed by atoms with Crippen molar-refractivity contribution in [3.63, 3.8) is 0 Å². The molecule has 1 atom stereocenters. The van der Waals surface area contributed by atoms with Crippen molar-refractivity contribution in [2.45, 2.75) is 18.9 Å². The van der Waals surface area contributed by atoms with Gasteiger partial charge in [0.1, 0.15) is 12.4 Å². The van der Waals surface area contributed by atoms with Crippen LogP contribution in [0.4, 0.5) is 8.78 Å². The van der Waals surface area contributed by atoms with Crippen LogP contribution in [0.2, 0.25) is 0 Å². The number of alkyl halides is 2. The van der Waals surface area contributed by atoms with Crippen LogP contribution in [0.1, 0.15) is 18.2 Å². The number of rotatable bonds is 6. The Balaban J connectivity index is 2.13. The zero-order valence-corrected chi connectivity index (χ0v) is 7.66. The maximum atomic E-state index is 11.7. The number of hydrogen-bond donors (Lipinski definition) is 1. The lowest BCUT2D eigenvalue weighted by Crippen LogP contribution is -2.14. The number of furan rings is 1. The third-order valence-electron chi connectivity index (χ3n) is 1.73. The van der Waals surface area contributed by atoms with Crippen LogP contribution in [-0.4, -0.2) is 19.6 Å². The van der Waals surface area contributed by atoms with E-state index in [1.54, 1.807) is 12.1 Å². The van der Waals surface area contributed by atoms with Gasteiger partial charge in [0.15, 0.2) is 0 Å². The molecule has 0 fully saturated rings. The van der Waals surface area contributed by atoms with Crippen LogP contribution in [0.5, 0.6) is 0 Å². The monoisotopic (exact) mass is 205 g/mol. The zero-order chi connectivity index (χ0) is 10.4. The Kier molecular flexibility index (Phi) is 4.55. The molecule has 3 nitrogen and oxygen atoms in total. The molecule has 5 heteroatoms. The second kappa shape index (κ2) is 5.72. The van der Waals surface area contributed by atoms with Crippen LogP contribution in [0.3, 0.4) is 0 Å². The molecule has 0 aliphatic carbocycles. The summed E-state index contributed by atoms with van der Waals surface area (Å²) in [6, 6.07) is 3.19. The first-order chi connectivity index (χ1) is 6.70. The molecule has 0 spiro atoms. The summed E-state index contributed by atoms with van der Waals surface area (Å²) in [5.41, 5.74) is 5.70. The van der Waals surface area contributed by atoms with Gasteiger partial charge >= 0.3 is 0 Å². The molecular formula is C9H13F2NO2. The van der Waals surface area contributed by atoms with Crippen molar-refractivity contribution in [1.82, 2.24) is 0 Å². The van der Waals surface area contributed by atoms with Gasteiger partial charge in [-0.05, 0) is 18.6 Å². The summed E-state index contributed by atoms with van der Waals surface area (Å²) in [5, 5.41) is 0. The van der Waals surface area contributed by atoms with E-state index in [-0.39, 0.29) is 12.6 Å². The second-order valence-corrected chi connectivity index (χ2v) is 2.88. The van der Waals surface area contributed by atoms with E-state index in [4.69, 9.17) is 14.9 Å². The lowest BCUT2D eigenvalue weighted by Gasteiger charge is -2.08. The highest BCUT2D eigenvalue weighted by Gasteiger charge is 2.09. The summed E-state index contributed by atoms with van der Waals surface area (Å²) in [4.78, 5) is 0. The third-order valence-corrected chi connectivity index (χ3v) is 1.73. The van der Waals surface area contributed by atoms with E-state index in [2.05, 4.69) is 0 Å². The van der Waals surface area contributed by atoms with E-state index in [9.17, 15) is 8.78 Å². The maximum Gasteiger partial charge on any atom is 0.261 e. The van der Waals surface area contributed by atoms with Crippen molar-refractivity contribution in [2.24, 2.45) is 5.73 Å². The predicted molar refractivity (Wildman–Crippen MR) is 47.1 cm³/mol. The Labute approximate surface area is 80.8 Å². The fraction of sp³-hybridized carbons (Fsp3) is 0.556. The number of nitrogens with two attached hydrogens (primary N) is 1. The van der Waals surface area contributed by atoms with E-state index in [0.717, 1.165) is 0 Å². The molecule has 2 N–H and O–H groups in total. The Hall–Kier alpha value is -0.940. The maximum absolute atomic E-state index is 11.7. The van der Waals surface area contributed by atoms with Crippen molar-refractivity contribution in [3.8, 4) is 0 Å². The molecule has 0 saturated heterocycles. The zero-order valence-electron chi connectivity index (χ0n) is 7.66. The van der Waals surface area contributed by atoms with Gasteiger partial charge in [0.05, 0.1) is 12.3 Å². The first-order valence-corrected chi connectivity index (χ1v) is 4.35. The van der Waals surface area contributed by atoms with Gasteiger partial charge in [-0.15, -0.1) is 0 Å². The summed E-state index contributed by atoms with van der Waals surface area (Å²) >= 11 is 0. The van der Waals surface area contributed by atoms with Gasteiger partial charge in [-0.25, -0.2) is 8.78 Å². The highest BCUT2D eigenvalue weighted by Crippen LogP contribution is 2.13. The van der Waals surface area contributed by atoms with Gasteiger partial charge in [-0.2, -0.15) is 0 Å². The molecule has 0 saturated carbocycles. The van der Waals surface area contributed by atoms with E-state index < -0.39 is 13.0 Å². The van der Waals surface area contributed by atoms with Gasteiger partial charge in [-0.3, -0.25) is 0 Å². The molecule has 0 amide bonds. The largest absolute Gasteiger partial charge is 0.468 e. The van der Waals surface area contributed by atoms with Crippen molar-refractivity contribution in [3.05, 3.63) is 24.2 Å². The molecule has 1 heterocycles. The van der Waals surface area contributed by atoms with E-state index >= 15 is 0 Å². The Morgan fingerprint density at radius 3 is 2.86 bits per heavy atom. The quantitative estimate of drug-likeness (QED) is 0.722. The summed E-state index contributed by atoms with van der Waals surface area (Å²) in [6.07, 6.45) is -0.426. The lowest BCUT2D eigenvalue weighted by atomic mass is 10.2. The molecule has 1 rings (SSSR count). The molecule has 1 aromatic rings. The fourth-order valence-electron chi connectivity index (χ4n) is 1.03. The number of halogens is 2. The van der Waals surface area contributed by atoms with Crippen LogP contribution in [-0.2, 0) is 4.74 Å². The lowest BCUT2D eigenvalue weighted by molar-refractivity contribution is 0.0148. The molecule has 80 valence electrons. The highest BCUT2D eigenvalue weighted by atomic mass is 19.3. The Morgan fingerprint density at radius 2 is 2.29 bits per heavy atom. The van der Waals surface area contributed by atoms with Gasteiger partial charge in [0, 0.05) is 6.61 Å². The molecule has 0 aliphatic heterocycles. The van der Waals surface area contributed by atoms with Crippen LogP contribution in [0, 0.1) is 0 Å². The van der Waals surface area contributed by atoms with Crippen LogP contribution in [0.25, 0.3) is 0 Å². The Bertz CT molecular complexity index is 239. The molecule has 14 heavy (non-hydrogen) atoms. The van der Waals surface area contributed by atoms with Crippen LogP contribution < -0.4 is 5.73 Å². The van der Waals surface area contributed by atoms with Crippen molar-refractivity contribution in [1.29, 1.82) is 0 Å². The topological polar surface area (TPSA) is 48.4 Å². The average molecular weight is 205 g/mol. The predicted octanol–water partition coefficient (Wildman–Crippen LogP) is 1.95. The molecule has 1 unspecified atom stereocenters. The minimum absolute atomic E-state index is 0.214. The van der Waals surface area contributed by atoms with Crippen LogP contribution in [0.15, 0.2) is 22.8 Å². The summed E-state index contributed by atoms with van der Waals surface area (Å²) < 4.78 is 33.1. The molecule has 0 aromatic carbocycles. The molecule has 1 aromatic heterocycles.